The molecule has 0 radical (unpaired) electrons. The first-order chi connectivity index (χ1) is 12.9. The number of hydrogen-bond acceptors (Lipinski definition) is 4. The van der Waals surface area contributed by atoms with Crippen molar-refractivity contribution in [2.75, 3.05) is 33.2 Å². The van der Waals surface area contributed by atoms with E-state index in [1.807, 2.05) is 30.3 Å². The van der Waals surface area contributed by atoms with Gasteiger partial charge in [0.25, 0.3) is 0 Å². The minimum absolute atomic E-state index is 0.174. The molecule has 0 aliphatic carbocycles. The lowest BCUT2D eigenvalue weighted by Crippen LogP contribution is -2.40. The van der Waals surface area contributed by atoms with Gasteiger partial charge < -0.3 is 10.6 Å². The maximum absolute atomic E-state index is 12.8. The molecule has 6 nitrogen and oxygen atoms in total. The third-order valence-electron chi connectivity index (χ3n) is 5.13. The molecule has 2 aromatic carbocycles. The van der Waals surface area contributed by atoms with E-state index < -0.39 is 10.0 Å². The van der Waals surface area contributed by atoms with Crippen LogP contribution >= 0.6 is 0 Å². The fraction of sp³-hybridized carbons (Fsp3) is 0.350. The van der Waals surface area contributed by atoms with Gasteiger partial charge in [-0.2, -0.15) is 4.31 Å². The van der Waals surface area contributed by atoms with E-state index in [1.54, 1.807) is 23.1 Å². The van der Waals surface area contributed by atoms with Crippen LogP contribution in [0, 0.1) is 5.92 Å². The summed E-state index contributed by atoms with van der Waals surface area (Å²) in [6.07, 6.45) is 0. The van der Waals surface area contributed by atoms with E-state index in [1.165, 1.54) is 19.2 Å². The molecule has 7 heteroatoms. The number of carbonyl (C=O) groups excluding carboxylic acids is 1. The molecule has 1 aliphatic heterocycles. The molecule has 0 bridgehead atoms. The van der Waals surface area contributed by atoms with Crippen LogP contribution in [0.3, 0.4) is 0 Å². The van der Waals surface area contributed by atoms with Crippen LogP contribution in [0.25, 0.3) is 0 Å². The number of nitrogens with two attached hydrogens (primary N) is 1. The van der Waals surface area contributed by atoms with Crippen LogP contribution in [0.5, 0.6) is 0 Å². The molecule has 1 saturated heterocycles. The van der Waals surface area contributed by atoms with E-state index in [4.69, 9.17) is 5.73 Å². The zero-order valence-corrected chi connectivity index (χ0v) is 16.2. The van der Waals surface area contributed by atoms with E-state index in [-0.39, 0.29) is 29.2 Å². The Morgan fingerprint density at radius 1 is 1.07 bits per heavy atom. The van der Waals surface area contributed by atoms with E-state index in [0.717, 1.165) is 9.87 Å². The summed E-state index contributed by atoms with van der Waals surface area (Å²) < 4.78 is 26.4. The van der Waals surface area contributed by atoms with Gasteiger partial charge in [0.15, 0.2) is 0 Å². The standard InChI is InChI=1S/C20H25N3O3S/c1-22(27(25,26)18-10-6-3-7-11-18)15-20(24)23-13-17(12-21)19(14-23)16-8-4-2-5-9-16/h2-11,17,19H,12-15,21H2,1H3/t17-,19+/m1/s1. The number of benzene rings is 2. The summed E-state index contributed by atoms with van der Waals surface area (Å²) in [4.78, 5) is 14.7. The Labute approximate surface area is 160 Å². The normalized spacial score (nSPS) is 20.2. The Kier molecular flexibility index (Phi) is 5.94. The van der Waals surface area contributed by atoms with Gasteiger partial charge in [0, 0.05) is 26.1 Å². The van der Waals surface area contributed by atoms with Crippen LogP contribution in [0.15, 0.2) is 65.6 Å². The first kappa shape index (κ1) is 19.5. The van der Waals surface area contributed by atoms with Crippen molar-refractivity contribution in [3.63, 3.8) is 0 Å². The molecule has 2 atom stereocenters. The Hall–Kier alpha value is -2.22. The Morgan fingerprint density at radius 3 is 2.26 bits per heavy atom. The van der Waals surface area contributed by atoms with E-state index >= 15 is 0 Å². The highest BCUT2D eigenvalue weighted by molar-refractivity contribution is 7.89. The van der Waals surface area contributed by atoms with Gasteiger partial charge in [-0.1, -0.05) is 48.5 Å². The van der Waals surface area contributed by atoms with E-state index in [2.05, 4.69) is 0 Å². The molecule has 1 aliphatic rings. The van der Waals surface area contributed by atoms with Crippen molar-refractivity contribution >= 4 is 15.9 Å². The van der Waals surface area contributed by atoms with Gasteiger partial charge >= 0.3 is 0 Å². The smallest absolute Gasteiger partial charge is 0.243 e. The Balaban J connectivity index is 1.69. The molecule has 144 valence electrons. The molecule has 0 unspecified atom stereocenters. The zero-order chi connectivity index (χ0) is 19.4. The summed E-state index contributed by atoms with van der Waals surface area (Å²) in [5.74, 6) is 0.150. The molecule has 1 amide bonds. The van der Waals surface area contributed by atoms with Crippen molar-refractivity contribution in [1.82, 2.24) is 9.21 Å². The molecular formula is C20H25N3O3S. The van der Waals surface area contributed by atoms with E-state index in [0.29, 0.717) is 19.6 Å². The van der Waals surface area contributed by atoms with Crippen LogP contribution < -0.4 is 5.73 Å². The molecule has 0 spiro atoms. The highest BCUT2D eigenvalue weighted by Crippen LogP contribution is 2.32. The number of likely N-dealkylation sites (N-methyl/N-ethyl adjacent to an activating group) is 1. The average molecular weight is 388 g/mol. The lowest BCUT2D eigenvalue weighted by atomic mass is 9.89. The molecule has 0 aromatic heterocycles. The lowest BCUT2D eigenvalue weighted by Gasteiger charge is -2.21. The maximum Gasteiger partial charge on any atom is 0.243 e. The second-order valence-corrected chi connectivity index (χ2v) is 8.93. The third kappa shape index (κ3) is 4.21. The van der Waals surface area contributed by atoms with E-state index in [9.17, 15) is 13.2 Å². The first-order valence-electron chi connectivity index (χ1n) is 8.97. The number of likely N-dealkylation sites (tertiary alicyclic amines) is 1. The predicted molar refractivity (Wildman–Crippen MR) is 105 cm³/mol. The zero-order valence-electron chi connectivity index (χ0n) is 15.4. The molecule has 2 N–H and O–H groups in total. The SMILES string of the molecule is CN(CC(=O)N1C[C@@H](CN)[C@H](c2ccccc2)C1)S(=O)(=O)c1ccccc1. The summed E-state index contributed by atoms with van der Waals surface area (Å²) in [6.45, 7) is 1.41. The first-order valence-corrected chi connectivity index (χ1v) is 10.4. The minimum Gasteiger partial charge on any atom is -0.341 e. The highest BCUT2D eigenvalue weighted by Gasteiger charge is 2.36. The largest absolute Gasteiger partial charge is 0.341 e. The van der Waals surface area contributed by atoms with Crippen molar-refractivity contribution < 1.29 is 13.2 Å². The monoisotopic (exact) mass is 387 g/mol. The number of sulfonamides is 1. The summed E-state index contributed by atoms with van der Waals surface area (Å²) >= 11 is 0. The summed E-state index contributed by atoms with van der Waals surface area (Å²) in [7, 11) is -2.25. The number of amides is 1. The number of rotatable bonds is 6. The lowest BCUT2D eigenvalue weighted by molar-refractivity contribution is -0.130. The van der Waals surface area contributed by atoms with Crippen molar-refractivity contribution in [3.8, 4) is 0 Å². The maximum atomic E-state index is 12.8. The van der Waals surface area contributed by atoms with Crippen LogP contribution in [-0.4, -0.2) is 56.8 Å². The summed E-state index contributed by atoms with van der Waals surface area (Å²) in [5, 5.41) is 0. The molecular weight excluding hydrogens is 362 g/mol. The van der Waals surface area contributed by atoms with Crippen LogP contribution in [-0.2, 0) is 14.8 Å². The van der Waals surface area contributed by atoms with Gasteiger partial charge in [0.1, 0.15) is 0 Å². The van der Waals surface area contributed by atoms with Crippen LogP contribution in [0.2, 0.25) is 0 Å². The van der Waals surface area contributed by atoms with Gasteiger partial charge in [0.2, 0.25) is 15.9 Å². The van der Waals surface area contributed by atoms with Gasteiger partial charge in [-0.15, -0.1) is 0 Å². The number of hydrogen-bond donors (Lipinski definition) is 1. The van der Waals surface area contributed by atoms with Gasteiger partial charge in [-0.3, -0.25) is 4.79 Å². The van der Waals surface area contributed by atoms with Gasteiger partial charge in [-0.25, -0.2) is 8.42 Å². The molecule has 3 rings (SSSR count). The van der Waals surface area contributed by atoms with Gasteiger partial charge in [0.05, 0.1) is 11.4 Å². The van der Waals surface area contributed by atoms with Gasteiger partial charge in [-0.05, 0) is 30.2 Å². The van der Waals surface area contributed by atoms with Crippen molar-refractivity contribution in [2.45, 2.75) is 10.8 Å². The second kappa shape index (κ2) is 8.21. The highest BCUT2D eigenvalue weighted by atomic mass is 32.2. The fourth-order valence-corrected chi connectivity index (χ4v) is 4.68. The average Bonchev–Trinajstić information content (AvgIpc) is 3.14. The predicted octanol–water partition coefficient (Wildman–Crippen LogP) is 1.51. The fourth-order valence-electron chi connectivity index (χ4n) is 3.54. The van der Waals surface area contributed by atoms with Crippen LogP contribution in [0.4, 0.5) is 0 Å². The Bertz CT molecular complexity index is 872. The molecule has 2 aromatic rings. The quantitative estimate of drug-likeness (QED) is 0.814. The number of nitrogens with zero attached hydrogens (tertiary/aromatic N) is 2. The second-order valence-electron chi connectivity index (χ2n) is 6.89. The summed E-state index contributed by atoms with van der Waals surface area (Å²) in [6, 6.07) is 18.2. The topological polar surface area (TPSA) is 83.7 Å². The van der Waals surface area contributed by atoms with Crippen molar-refractivity contribution in [2.24, 2.45) is 11.7 Å². The Morgan fingerprint density at radius 2 is 1.67 bits per heavy atom. The molecule has 1 fully saturated rings. The summed E-state index contributed by atoms with van der Waals surface area (Å²) in [5.41, 5.74) is 7.09. The number of carbonyl (C=O) groups is 1. The third-order valence-corrected chi connectivity index (χ3v) is 6.95. The molecule has 0 saturated carbocycles. The van der Waals surface area contributed by atoms with Crippen molar-refractivity contribution in [1.29, 1.82) is 0 Å². The molecule has 1 heterocycles. The van der Waals surface area contributed by atoms with Crippen molar-refractivity contribution in [3.05, 3.63) is 66.2 Å². The van der Waals surface area contributed by atoms with Crippen LogP contribution in [0.1, 0.15) is 11.5 Å². The minimum atomic E-state index is -3.69. The molecule has 27 heavy (non-hydrogen) atoms.